The maximum atomic E-state index is 11.3. The van der Waals surface area contributed by atoms with E-state index in [9.17, 15) is 4.79 Å². The molecule has 16 heavy (non-hydrogen) atoms. The lowest BCUT2D eigenvalue weighted by Gasteiger charge is -1.98. The summed E-state index contributed by atoms with van der Waals surface area (Å²) in [6.45, 7) is 2.07. The first kappa shape index (κ1) is 12.6. The summed E-state index contributed by atoms with van der Waals surface area (Å²) in [5.74, 6) is 1.59. The lowest BCUT2D eigenvalue weighted by atomic mass is 10.4. The molecule has 0 amide bonds. The third kappa shape index (κ3) is 3.98. The third-order valence-corrected chi connectivity index (χ3v) is 2.64. The van der Waals surface area contributed by atoms with Crippen molar-refractivity contribution >= 4 is 23.6 Å². The molecule has 3 N–H and O–H groups in total. The first-order valence-electron chi connectivity index (χ1n) is 4.80. The molecule has 0 aliphatic rings. The van der Waals surface area contributed by atoms with Crippen LogP contribution in [0, 0.1) is 5.41 Å². The number of carbonyl (C=O) groups excluding carboxylic acids is 1. The van der Waals surface area contributed by atoms with E-state index in [0.717, 1.165) is 0 Å². The van der Waals surface area contributed by atoms with Gasteiger partial charge in [-0.1, -0.05) is 0 Å². The van der Waals surface area contributed by atoms with E-state index in [2.05, 4.69) is 0 Å². The molecule has 0 aromatic carbocycles. The monoisotopic (exact) mass is 242 g/mol. The first-order valence-corrected chi connectivity index (χ1v) is 5.95. The average molecular weight is 242 g/mol. The summed E-state index contributed by atoms with van der Waals surface area (Å²) in [6.07, 6.45) is 0. The van der Waals surface area contributed by atoms with Crippen LogP contribution in [0.1, 0.15) is 23.2 Å². The highest BCUT2D eigenvalue weighted by Crippen LogP contribution is 2.15. The van der Waals surface area contributed by atoms with Gasteiger partial charge in [0.05, 0.1) is 18.1 Å². The highest BCUT2D eigenvalue weighted by atomic mass is 32.2. The predicted molar refractivity (Wildman–Crippen MR) is 62.7 cm³/mol. The minimum absolute atomic E-state index is 0.127. The van der Waals surface area contributed by atoms with Crippen LogP contribution in [0.25, 0.3) is 0 Å². The van der Waals surface area contributed by atoms with Crippen molar-refractivity contribution in [1.82, 2.24) is 0 Å². The van der Waals surface area contributed by atoms with Gasteiger partial charge in [0.1, 0.15) is 11.6 Å². The molecule has 1 rings (SSSR count). The van der Waals surface area contributed by atoms with Gasteiger partial charge in [0.25, 0.3) is 0 Å². The van der Waals surface area contributed by atoms with Gasteiger partial charge in [-0.25, -0.2) is 4.79 Å². The number of esters is 1. The van der Waals surface area contributed by atoms with Crippen molar-refractivity contribution in [3.05, 3.63) is 23.7 Å². The van der Waals surface area contributed by atoms with Crippen LogP contribution in [0.2, 0.25) is 0 Å². The number of nitrogens with one attached hydrogen (secondary N) is 1. The van der Waals surface area contributed by atoms with Crippen LogP contribution in [0.5, 0.6) is 0 Å². The number of thioether (sulfide) groups is 1. The number of ether oxygens (including phenoxy) is 1. The highest BCUT2D eigenvalue weighted by molar-refractivity contribution is 7.99. The van der Waals surface area contributed by atoms with Gasteiger partial charge in [0.2, 0.25) is 5.76 Å². The van der Waals surface area contributed by atoms with E-state index >= 15 is 0 Å². The van der Waals surface area contributed by atoms with Gasteiger partial charge in [-0.3, -0.25) is 5.41 Å². The van der Waals surface area contributed by atoms with Crippen molar-refractivity contribution < 1.29 is 13.9 Å². The quantitative estimate of drug-likeness (QED) is 0.449. The minimum Gasteiger partial charge on any atom is -0.460 e. The summed E-state index contributed by atoms with van der Waals surface area (Å²) in [4.78, 5) is 11.3. The Morgan fingerprint density at radius 3 is 3.00 bits per heavy atom. The second kappa shape index (κ2) is 6.22. The van der Waals surface area contributed by atoms with Crippen molar-refractivity contribution in [2.45, 2.75) is 12.7 Å². The molecule has 0 radical (unpaired) electrons. The zero-order valence-corrected chi connectivity index (χ0v) is 9.80. The van der Waals surface area contributed by atoms with E-state index in [4.69, 9.17) is 20.3 Å². The lowest BCUT2D eigenvalue weighted by molar-refractivity contribution is 0.0488. The molecule has 1 aromatic heterocycles. The van der Waals surface area contributed by atoms with Crippen molar-refractivity contribution in [2.24, 2.45) is 5.73 Å². The van der Waals surface area contributed by atoms with Crippen LogP contribution < -0.4 is 5.73 Å². The summed E-state index contributed by atoms with van der Waals surface area (Å²) < 4.78 is 10.1. The zero-order valence-electron chi connectivity index (χ0n) is 8.99. The van der Waals surface area contributed by atoms with Gasteiger partial charge < -0.3 is 14.9 Å². The number of amidine groups is 1. The summed E-state index contributed by atoms with van der Waals surface area (Å²) >= 11 is 1.46. The van der Waals surface area contributed by atoms with Crippen molar-refractivity contribution in [3.63, 3.8) is 0 Å². The van der Waals surface area contributed by atoms with E-state index in [1.165, 1.54) is 11.8 Å². The maximum Gasteiger partial charge on any atom is 0.374 e. The Balaban J connectivity index is 2.45. The first-order chi connectivity index (χ1) is 7.63. The molecule has 0 unspecified atom stereocenters. The average Bonchev–Trinajstić information content (AvgIpc) is 2.66. The fourth-order valence-electron chi connectivity index (χ4n) is 1.03. The number of carbonyl (C=O) groups is 1. The Labute approximate surface area is 97.8 Å². The highest BCUT2D eigenvalue weighted by Gasteiger charge is 2.11. The summed E-state index contributed by atoms with van der Waals surface area (Å²) in [5.41, 5.74) is 5.21. The largest absolute Gasteiger partial charge is 0.460 e. The van der Waals surface area contributed by atoms with Crippen LogP contribution in [0.4, 0.5) is 0 Å². The molecule has 0 aliphatic heterocycles. The van der Waals surface area contributed by atoms with Crippen LogP contribution >= 0.6 is 11.8 Å². The number of furan rings is 1. The molecule has 0 spiro atoms. The molecular formula is C10H14N2O3S. The number of hydrogen-bond acceptors (Lipinski definition) is 5. The van der Waals surface area contributed by atoms with E-state index in [0.29, 0.717) is 23.9 Å². The SMILES string of the molecule is CCOC(=O)c1ccc(CSCC(=N)N)o1. The molecule has 5 nitrogen and oxygen atoms in total. The number of hydrogen-bond donors (Lipinski definition) is 2. The van der Waals surface area contributed by atoms with Gasteiger partial charge in [0.15, 0.2) is 0 Å². The van der Waals surface area contributed by atoms with Gasteiger partial charge in [0, 0.05) is 0 Å². The van der Waals surface area contributed by atoms with Gasteiger partial charge in [-0.2, -0.15) is 0 Å². The number of rotatable bonds is 6. The molecule has 6 heteroatoms. The molecule has 0 fully saturated rings. The fourth-order valence-corrected chi connectivity index (χ4v) is 1.71. The molecule has 88 valence electrons. The molecule has 0 saturated carbocycles. The Morgan fingerprint density at radius 1 is 1.62 bits per heavy atom. The summed E-state index contributed by atoms with van der Waals surface area (Å²) in [5, 5.41) is 7.04. The van der Waals surface area contributed by atoms with E-state index in [1.807, 2.05) is 0 Å². The lowest BCUT2D eigenvalue weighted by Crippen LogP contribution is -2.12. The second-order valence-corrected chi connectivity index (χ2v) is 3.99. The van der Waals surface area contributed by atoms with Crippen molar-refractivity contribution in [1.29, 1.82) is 5.41 Å². The zero-order chi connectivity index (χ0) is 12.0. The normalized spacial score (nSPS) is 10.1. The molecule has 0 atom stereocenters. The Morgan fingerprint density at radius 2 is 2.38 bits per heavy atom. The van der Waals surface area contributed by atoms with Crippen LogP contribution in [-0.4, -0.2) is 24.2 Å². The smallest absolute Gasteiger partial charge is 0.374 e. The van der Waals surface area contributed by atoms with E-state index in [-0.39, 0.29) is 11.6 Å². The van der Waals surface area contributed by atoms with Crippen LogP contribution in [0.15, 0.2) is 16.5 Å². The number of nitrogens with two attached hydrogens (primary N) is 1. The second-order valence-electron chi connectivity index (χ2n) is 3.00. The van der Waals surface area contributed by atoms with Crippen LogP contribution in [-0.2, 0) is 10.5 Å². The maximum absolute atomic E-state index is 11.3. The molecule has 1 aromatic rings. The minimum atomic E-state index is -0.453. The third-order valence-electron chi connectivity index (χ3n) is 1.64. The summed E-state index contributed by atoms with van der Waals surface area (Å²) in [7, 11) is 0. The molecular weight excluding hydrogens is 228 g/mol. The van der Waals surface area contributed by atoms with Crippen molar-refractivity contribution in [3.8, 4) is 0 Å². The standard InChI is InChI=1S/C10H14N2O3S/c1-2-14-10(13)8-4-3-7(15-8)5-16-6-9(11)12/h3-4H,2,5-6H2,1H3,(H3,11,12). The molecule has 0 saturated heterocycles. The van der Waals surface area contributed by atoms with E-state index in [1.54, 1.807) is 19.1 Å². The van der Waals surface area contributed by atoms with Gasteiger partial charge >= 0.3 is 5.97 Å². The summed E-state index contributed by atoms with van der Waals surface area (Å²) in [6, 6.07) is 3.31. The Bertz CT molecular complexity index is 376. The van der Waals surface area contributed by atoms with E-state index < -0.39 is 5.97 Å². The van der Waals surface area contributed by atoms with Gasteiger partial charge in [-0.05, 0) is 19.1 Å². The van der Waals surface area contributed by atoms with Crippen LogP contribution in [0.3, 0.4) is 0 Å². The molecule has 0 aliphatic carbocycles. The fraction of sp³-hybridized carbons (Fsp3) is 0.400. The van der Waals surface area contributed by atoms with Gasteiger partial charge in [-0.15, -0.1) is 11.8 Å². The van der Waals surface area contributed by atoms with Crippen molar-refractivity contribution in [2.75, 3.05) is 12.4 Å². The molecule has 0 bridgehead atoms. The predicted octanol–water partition coefficient (Wildman–Crippen LogP) is 1.63. The Hall–Kier alpha value is -1.43. The Kier molecular flexibility index (Phi) is 4.91. The topological polar surface area (TPSA) is 89.3 Å². The molecule has 1 heterocycles.